The first-order valence-electron chi connectivity index (χ1n) is 9.51. The van der Waals surface area contributed by atoms with Crippen LogP contribution in [0.1, 0.15) is 50.8 Å². The number of aryl methyl sites for hydroxylation is 1. The van der Waals surface area contributed by atoms with E-state index in [9.17, 15) is 4.79 Å². The van der Waals surface area contributed by atoms with Crippen molar-refractivity contribution in [3.8, 4) is 0 Å². The first kappa shape index (κ1) is 15.1. The standard InChI is InChI=1S/C18H24N6O/c1-2-24-16(11-3-4-11)22-14-15(19-10-20-17(14)24)21-13-7-8-23(9-13)18(25)12-5-6-12/h10-13H,2-9H2,1H3,(H,19,20,21). The molecule has 1 N–H and O–H groups in total. The zero-order valence-electron chi connectivity index (χ0n) is 14.6. The zero-order chi connectivity index (χ0) is 17.0. The number of carbonyl (C=O) groups is 1. The number of hydrogen-bond donors (Lipinski definition) is 1. The number of anilines is 1. The van der Waals surface area contributed by atoms with E-state index in [1.807, 2.05) is 4.90 Å². The van der Waals surface area contributed by atoms with Gasteiger partial charge in [-0.3, -0.25) is 4.79 Å². The molecule has 2 aromatic heterocycles. The van der Waals surface area contributed by atoms with Gasteiger partial charge < -0.3 is 14.8 Å². The number of rotatable bonds is 5. The summed E-state index contributed by atoms with van der Waals surface area (Å²) in [6, 6.07) is 0.247. The average Bonchev–Trinajstić information content (AvgIpc) is 3.55. The van der Waals surface area contributed by atoms with E-state index in [1.54, 1.807) is 6.33 Å². The Hall–Kier alpha value is -2.18. The molecule has 0 radical (unpaired) electrons. The van der Waals surface area contributed by atoms with Crippen LogP contribution in [0.5, 0.6) is 0 Å². The lowest BCUT2D eigenvalue weighted by Crippen LogP contribution is -2.32. The number of nitrogens with zero attached hydrogens (tertiary/aromatic N) is 5. The molecule has 5 rings (SSSR count). The van der Waals surface area contributed by atoms with Gasteiger partial charge in [-0.25, -0.2) is 15.0 Å². The van der Waals surface area contributed by atoms with Crippen molar-refractivity contribution in [2.24, 2.45) is 5.92 Å². The highest BCUT2D eigenvalue weighted by Gasteiger charge is 2.37. The Bertz CT molecular complexity index is 822. The first-order valence-corrected chi connectivity index (χ1v) is 9.51. The van der Waals surface area contributed by atoms with Crippen molar-refractivity contribution in [3.63, 3.8) is 0 Å². The van der Waals surface area contributed by atoms with Crippen LogP contribution >= 0.6 is 0 Å². The second-order valence-corrected chi connectivity index (χ2v) is 7.57. The van der Waals surface area contributed by atoms with Crippen LogP contribution in [0, 0.1) is 5.92 Å². The number of aromatic nitrogens is 4. The maximum atomic E-state index is 12.2. The Labute approximate surface area is 146 Å². The molecule has 25 heavy (non-hydrogen) atoms. The summed E-state index contributed by atoms with van der Waals surface area (Å²) in [4.78, 5) is 28.1. The van der Waals surface area contributed by atoms with Crippen molar-refractivity contribution in [2.45, 2.75) is 57.5 Å². The molecule has 2 aromatic rings. The van der Waals surface area contributed by atoms with Crippen molar-refractivity contribution in [3.05, 3.63) is 12.2 Å². The van der Waals surface area contributed by atoms with Gasteiger partial charge >= 0.3 is 0 Å². The van der Waals surface area contributed by atoms with Gasteiger partial charge in [0.1, 0.15) is 12.2 Å². The summed E-state index contributed by atoms with van der Waals surface area (Å²) >= 11 is 0. The number of nitrogens with one attached hydrogen (secondary N) is 1. The van der Waals surface area contributed by atoms with E-state index in [0.29, 0.717) is 17.7 Å². The lowest BCUT2D eigenvalue weighted by Gasteiger charge is -2.17. The minimum Gasteiger partial charge on any atom is -0.364 e. The maximum absolute atomic E-state index is 12.2. The van der Waals surface area contributed by atoms with Crippen LogP contribution in [0.2, 0.25) is 0 Å². The molecule has 7 heteroatoms. The van der Waals surface area contributed by atoms with Crippen molar-refractivity contribution in [1.29, 1.82) is 0 Å². The minimum absolute atomic E-state index is 0.247. The molecule has 0 aromatic carbocycles. The van der Waals surface area contributed by atoms with Crippen LogP contribution in [0.4, 0.5) is 5.82 Å². The third-order valence-electron chi connectivity index (χ3n) is 5.59. The zero-order valence-corrected chi connectivity index (χ0v) is 14.6. The average molecular weight is 340 g/mol. The van der Waals surface area contributed by atoms with Crippen molar-refractivity contribution in [2.75, 3.05) is 18.4 Å². The molecule has 1 amide bonds. The summed E-state index contributed by atoms with van der Waals surface area (Å²) in [5.74, 6) is 3.18. The van der Waals surface area contributed by atoms with Crippen LogP contribution in [-0.2, 0) is 11.3 Å². The smallest absolute Gasteiger partial charge is 0.225 e. The number of hydrogen-bond acceptors (Lipinski definition) is 5. The van der Waals surface area contributed by atoms with Gasteiger partial charge in [-0.2, -0.15) is 0 Å². The highest BCUT2D eigenvalue weighted by atomic mass is 16.2. The van der Waals surface area contributed by atoms with E-state index in [1.165, 1.54) is 12.8 Å². The van der Waals surface area contributed by atoms with Gasteiger partial charge in [0.2, 0.25) is 5.91 Å². The Morgan fingerprint density at radius 1 is 1.24 bits per heavy atom. The van der Waals surface area contributed by atoms with Crippen LogP contribution in [0.3, 0.4) is 0 Å². The fraction of sp³-hybridized carbons (Fsp3) is 0.667. The van der Waals surface area contributed by atoms with E-state index in [4.69, 9.17) is 4.98 Å². The fourth-order valence-corrected chi connectivity index (χ4v) is 3.88. The molecule has 132 valence electrons. The molecule has 1 aliphatic heterocycles. The Kier molecular flexibility index (Phi) is 3.43. The van der Waals surface area contributed by atoms with Gasteiger partial charge in [0.25, 0.3) is 0 Å². The Balaban J connectivity index is 1.39. The Morgan fingerprint density at radius 3 is 2.80 bits per heavy atom. The summed E-state index contributed by atoms with van der Waals surface area (Å²) in [6.45, 7) is 4.63. The monoisotopic (exact) mass is 340 g/mol. The second-order valence-electron chi connectivity index (χ2n) is 7.57. The van der Waals surface area contributed by atoms with Crippen LogP contribution in [0.15, 0.2) is 6.33 Å². The Morgan fingerprint density at radius 2 is 2.08 bits per heavy atom. The summed E-state index contributed by atoms with van der Waals surface area (Å²) in [6.07, 6.45) is 7.17. The number of imidazole rings is 1. The molecule has 3 heterocycles. The maximum Gasteiger partial charge on any atom is 0.225 e. The molecule has 7 nitrogen and oxygen atoms in total. The minimum atomic E-state index is 0.247. The van der Waals surface area contributed by atoms with Gasteiger partial charge in [-0.15, -0.1) is 0 Å². The fourth-order valence-electron chi connectivity index (χ4n) is 3.88. The molecule has 0 bridgehead atoms. The summed E-state index contributed by atoms with van der Waals surface area (Å²) < 4.78 is 2.22. The van der Waals surface area contributed by atoms with Crippen molar-refractivity contribution < 1.29 is 4.79 Å². The molecule has 1 saturated heterocycles. The lowest BCUT2D eigenvalue weighted by molar-refractivity contribution is -0.131. The van der Waals surface area contributed by atoms with Crippen molar-refractivity contribution >= 4 is 22.9 Å². The molecule has 0 spiro atoms. The second kappa shape index (κ2) is 5.68. The molecular weight excluding hydrogens is 316 g/mol. The highest BCUT2D eigenvalue weighted by molar-refractivity contribution is 5.84. The molecule has 1 atom stereocenters. The normalized spacial score (nSPS) is 23.4. The predicted molar refractivity (Wildman–Crippen MR) is 94.3 cm³/mol. The van der Waals surface area contributed by atoms with E-state index < -0.39 is 0 Å². The molecule has 3 fully saturated rings. The molecule has 1 unspecified atom stereocenters. The first-order chi connectivity index (χ1) is 12.2. The molecular formula is C18H24N6O. The quantitative estimate of drug-likeness (QED) is 0.902. The lowest BCUT2D eigenvalue weighted by atomic mass is 10.2. The number of carbonyl (C=O) groups excluding carboxylic acids is 1. The number of amides is 1. The summed E-state index contributed by atoms with van der Waals surface area (Å²) in [7, 11) is 0. The molecule has 3 aliphatic rings. The third kappa shape index (κ3) is 2.65. The topological polar surface area (TPSA) is 75.9 Å². The van der Waals surface area contributed by atoms with E-state index >= 15 is 0 Å². The van der Waals surface area contributed by atoms with E-state index in [0.717, 1.165) is 61.7 Å². The van der Waals surface area contributed by atoms with Gasteiger partial charge in [0.05, 0.1) is 0 Å². The molecule has 2 saturated carbocycles. The van der Waals surface area contributed by atoms with Gasteiger partial charge in [0, 0.05) is 37.5 Å². The highest BCUT2D eigenvalue weighted by Crippen LogP contribution is 2.41. The summed E-state index contributed by atoms with van der Waals surface area (Å²) in [5, 5.41) is 3.53. The molecule has 2 aliphatic carbocycles. The number of fused-ring (bicyclic) bond motifs is 1. The SMILES string of the molecule is CCn1c(C2CC2)nc2c(NC3CCN(C(=O)C4CC4)C3)ncnc21. The van der Waals surface area contributed by atoms with Gasteiger partial charge in [0.15, 0.2) is 17.0 Å². The van der Waals surface area contributed by atoms with E-state index in [2.05, 4.69) is 26.8 Å². The predicted octanol–water partition coefficient (Wildman–Crippen LogP) is 2.15. The van der Waals surface area contributed by atoms with Gasteiger partial charge in [-0.05, 0) is 39.0 Å². The van der Waals surface area contributed by atoms with Crippen LogP contribution in [0.25, 0.3) is 11.2 Å². The largest absolute Gasteiger partial charge is 0.364 e. The number of likely N-dealkylation sites (tertiary alicyclic amines) is 1. The third-order valence-corrected chi connectivity index (χ3v) is 5.59. The van der Waals surface area contributed by atoms with Gasteiger partial charge in [-0.1, -0.05) is 0 Å². The van der Waals surface area contributed by atoms with E-state index in [-0.39, 0.29) is 6.04 Å². The van der Waals surface area contributed by atoms with Crippen LogP contribution in [-0.4, -0.2) is 49.5 Å². The summed E-state index contributed by atoms with van der Waals surface area (Å²) in [5.41, 5.74) is 1.80. The van der Waals surface area contributed by atoms with Crippen molar-refractivity contribution in [1.82, 2.24) is 24.4 Å². The van der Waals surface area contributed by atoms with Crippen LogP contribution < -0.4 is 5.32 Å².